The number of piperidine rings is 1. The monoisotopic (exact) mass is 533 g/mol. The standard InChI is InChI=1S/C30H39N5O4/c1-32-29(37)27(7-3-14-36)35-19-23-16-26-28(17-24(23)20-39-35)38-21-30(26)8-12-34(13-9-30)18-22-5-2-6-25(15-22)33-11-4-10-31/h2,4-6,11,14-17,27,33H,3,7-10,12-13,18-21,31H2,1H3,(H,32,37)/b11-4-. The average Bonchev–Trinajstić information content (AvgIpc) is 3.30. The molecule has 3 aliphatic heterocycles. The summed E-state index contributed by atoms with van der Waals surface area (Å²) < 4.78 is 6.24. The molecule has 4 N–H and O–H groups in total. The fourth-order valence-electron chi connectivity index (χ4n) is 5.93. The zero-order valence-electron chi connectivity index (χ0n) is 22.7. The van der Waals surface area contributed by atoms with Gasteiger partial charge in [0.05, 0.1) is 19.8 Å². The number of nitrogens with one attached hydrogen (secondary N) is 2. The Morgan fingerprint density at radius 1 is 1.21 bits per heavy atom. The summed E-state index contributed by atoms with van der Waals surface area (Å²) in [5.74, 6) is 0.828. The third kappa shape index (κ3) is 6.01. The number of ether oxygens (including phenoxy) is 1. The lowest BCUT2D eigenvalue weighted by Gasteiger charge is -2.39. The van der Waals surface area contributed by atoms with Gasteiger partial charge in [0.25, 0.3) is 0 Å². The van der Waals surface area contributed by atoms with Gasteiger partial charge < -0.3 is 25.9 Å². The molecule has 9 nitrogen and oxygen atoms in total. The molecular formula is C30H39N5O4. The summed E-state index contributed by atoms with van der Waals surface area (Å²) >= 11 is 0. The van der Waals surface area contributed by atoms with Crippen molar-refractivity contribution in [2.75, 3.05) is 38.6 Å². The van der Waals surface area contributed by atoms with Gasteiger partial charge in [-0.25, -0.2) is 0 Å². The zero-order chi connectivity index (χ0) is 27.2. The third-order valence-corrected chi connectivity index (χ3v) is 8.19. The highest BCUT2D eigenvalue weighted by Crippen LogP contribution is 2.47. The lowest BCUT2D eigenvalue weighted by molar-refractivity contribution is -0.214. The van der Waals surface area contributed by atoms with E-state index >= 15 is 0 Å². The number of likely N-dealkylation sites (tertiary alicyclic amines) is 1. The van der Waals surface area contributed by atoms with Crippen LogP contribution in [0.1, 0.15) is 47.9 Å². The van der Waals surface area contributed by atoms with E-state index in [1.807, 2.05) is 12.3 Å². The van der Waals surface area contributed by atoms with E-state index in [2.05, 4.69) is 51.9 Å². The second-order valence-corrected chi connectivity index (χ2v) is 10.7. The van der Waals surface area contributed by atoms with E-state index in [0.29, 0.717) is 39.1 Å². The van der Waals surface area contributed by atoms with Gasteiger partial charge in [-0.1, -0.05) is 18.2 Å². The van der Waals surface area contributed by atoms with Crippen LogP contribution in [0.3, 0.4) is 0 Å². The SMILES string of the molecule is CNC(=O)C(CCC=O)N1Cc2cc3c(cc2CO1)OCC31CCN(Cc2cccc(N/C=C\CN)c2)CC1. The highest BCUT2D eigenvalue weighted by atomic mass is 16.7. The van der Waals surface area contributed by atoms with Crippen molar-refractivity contribution in [3.05, 3.63) is 70.9 Å². The number of likely N-dealkylation sites (N-methyl/N-ethyl adjacent to an activating group) is 1. The highest BCUT2D eigenvalue weighted by Gasteiger charge is 2.44. The van der Waals surface area contributed by atoms with Crippen molar-refractivity contribution in [1.29, 1.82) is 0 Å². The molecule has 1 fully saturated rings. The number of anilines is 1. The average molecular weight is 534 g/mol. The van der Waals surface area contributed by atoms with E-state index in [1.165, 1.54) is 16.7 Å². The molecule has 0 radical (unpaired) electrons. The first kappa shape index (κ1) is 27.3. The molecule has 208 valence electrons. The molecular weight excluding hydrogens is 494 g/mol. The van der Waals surface area contributed by atoms with Gasteiger partial charge in [0.2, 0.25) is 5.91 Å². The number of amides is 1. The van der Waals surface area contributed by atoms with Gasteiger partial charge in [-0.15, -0.1) is 0 Å². The van der Waals surface area contributed by atoms with Gasteiger partial charge in [0.1, 0.15) is 18.1 Å². The second-order valence-electron chi connectivity index (χ2n) is 10.7. The number of benzene rings is 2. The number of hydrogen-bond donors (Lipinski definition) is 3. The number of rotatable bonds is 10. The molecule has 2 aromatic carbocycles. The summed E-state index contributed by atoms with van der Waals surface area (Å²) in [6, 6.07) is 12.4. The zero-order valence-corrected chi connectivity index (χ0v) is 22.7. The van der Waals surface area contributed by atoms with Crippen molar-refractivity contribution in [1.82, 2.24) is 15.3 Å². The molecule has 1 saturated heterocycles. The van der Waals surface area contributed by atoms with Crippen LogP contribution >= 0.6 is 0 Å². The van der Waals surface area contributed by atoms with E-state index in [1.54, 1.807) is 12.1 Å². The minimum absolute atomic E-state index is 0.0120. The van der Waals surface area contributed by atoms with Crippen LogP contribution in [-0.2, 0) is 39.5 Å². The third-order valence-electron chi connectivity index (χ3n) is 8.19. The van der Waals surface area contributed by atoms with E-state index in [9.17, 15) is 9.59 Å². The first-order valence-corrected chi connectivity index (χ1v) is 13.8. The maximum Gasteiger partial charge on any atom is 0.239 e. The van der Waals surface area contributed by atoms with Gasteiger partial charge in [0.15, 0.2) is 0 Å². The highest BCUT2D eigenvalue weighted by molar-refractivity contribution is 5.81. The largest absolute Gasteiger partial charge is 0.492 e. The molecule has 3 aliphatic rings. The first-order chi connectivity index (χ1) is 19.0. The smallest absolute Gasteiger partial charge is 0.239 e. The Hall–Kier alpha value is -3.24. The molecule has 39 heavy (non-hydrogen) atoms. The van der Waals surface area contributed by atoms with Crippen LogP contribution in [0.25, 0.3) is 0 Å². The minimum Gasteiger partial charge on any atom is -0.492 e. The van der Waals surface area contributed by atoms with Crippen LogP contribution in [0.4, 0.5) is 5.69 Å². The van der Waals surface area contributed by atoms with Crippen LogP contribution in [0.2, 0.25) is 0 Å². The van der Waals surface area contributed by atoms with E-state index in [0.717, 1.165) is 55.8 Å². The number of carbonyl (C=O) groups excluding carboxylic acids is 2. The number of nitrogens with zero attached hydrogens (tertiary/aromatic N) is 2. The number of carbonyl (C=O) groups is 2. The quantitative estimate of drug-likeness (QED) is 0.400. The van der Waals surface area contributed by atoms with Crippen molar-refractivity contribution in [2.24, 2.45) is 5.73 Å². The number of fused-ring (bicyclic) bond motifs is 3. The molecule has 1 amide bonds. The van der Waals surface area contributed by atoms with Crippen LogP contribution in [0.15, 0.2) is 48.7 Å². The molecule has 0 aromatic heterocycles. The fraction of sp³-hybridized carbons (Fsp3) is 0.467. The fourth-order valence-corrected chi connectivity index (χ4v) is 5.93. The second kappa shape index (κ2) is 12.3. The first-order valence-electron chi connectivity index (χ1n) is 13.8. The Balaban J connectivity index is 1.26. The topological polar surface area (TPSA) is 109 Å². The van der Waals surface area contributed by atoms with Gasteiger partial charge in [-0.3, -0.25) is 14.5 Å². The summed E-state index contributed by atoms with van der Waals surface area (Å²) in [4.78, 5) is 32.0. The number of hydrogen-bond acceptors (Lipinski definition) is 8. The summed E-state index contributed by atoms with van der Waals surface area (Å²) in [6.45, 7) is 5.04. The van der Waals surface area contributed by atoms with Crippen molar-refractivity contribution in [2.45, 2.75) is 56.8 Å². The van der Waals surface area contributed by atoms with E-state index in [-0.39, 0.29) is 11.3 Å². The maximum absolute atomic E-state index is 12.5. The Morgan fingerprint density at radius 3 is 2.82 bits per heavy atom. The molecule has 2 aromatic rings. The molecule has 0 aliphatic carbocycles. The number of nitrogens with two attached hydrogens (primary N) is 1. The minimum atomic E-state index is -0.500. The van der Waals surface area contributed by atoms with Gasteiger partial charge in [-0.2, -0.15) is 5.06 Å². The van der Waals surface area contributed by atoms with Crippen LogP contribution in [0.5, 0.6) is 5.75 Å². The summed E-state index contributed by atoms with van der Waals surface area (Å²) in [7, 11) is 1.61. The Morgan fingerprint density at radius 2 is 2.05 bits per heavy atom. The van der Waals surface area contributed by atoms with E-state index < -0.39 is 6.04 Å². The Bertz CT molecular complexity index is 1210. The molecule has 9 heteroatoms. The summed E-state index contributed by atoms with van der Waals surface area (Å²) in [5.41, 5.74) is 11.4. The Labute approximate surface area is 230 Å². The van der Waals surface area contributed by atoms with Gasteiger partial charge in [0, 0.05) is 43.2 Å². The van der Waals surface area contributed by atoms with Gasteiger partial charge in [-0.05, 0) is 79.5 Å². The van der Waals surface area contributed by atoms with Crippen LogP contribution in [0, 0.1) is 0 Å². The molecule has 0 saturated carbocycles. The van der Waals surface area contributed by atoms with Crippen molar-refractivity contribution in [3.63, 3.8) is 0 Å². The summed E-state index contributed by atoms with van der Waals surface area (Å²) in [5, 5.41) is 7.72. The lowest BCUT2D eigenvalue weighted by atomic mass is 9.73. The van der Waals surface area contributed by atoms with Crippen molar-refractivity contribution >= 4 is 17.9 Å². The van der Waals surface area contributed by atoms with Crippen molar-refractivity contribution in [3.8, 4) is 5.75 Å². The predicted molar refractivity (Wildman–Crippen MR) is 150 cm³/mol. The van der Waals surface area contributed by atoms with Gasteiger partial charge >= 0.3 is 0 Å². The Kier molecular flexibility index (Phi) is 8.62. The normalized spacial score (nSPS) is 19.3. The molecule has 5 rings (SSSR count). The predicted octanol–water partition coefficient (Wildman–Crippen LogP) is 2.84. The molecule has 1 unspecified atom stereocenters. The maximum atomic E-state index is 12.5. The lowest BCUT2D eigenvalue weighted by Crippen LogP contribution is -2.47. The molecule has 1 atom stereocenters. The molecule has 1 spiro atoms. The summed E-state index contributed by atoms with van der Waals surface area (Å²) in [6.07, 6.45) is 7.45. The van der Waals surface area contributed by atoms with Crippen molar-refractivity contribution < 1.29 is 19.2 Å². The van der Waals surface area contributed by atoms with Crippen LogP contribution in [-0.4, -0.2) is 61.5 Å². The van der Waals surface area contributed by atoms with E-state index in [4.69, 9.17) is 15.3 Å². The molecule has 3 heterocycles. The molecule has 0 bridgehead atoms. The van der Waals surface area contributed by atoms with Crippen LogP contribution < -0.4 is 21.1 Å². The number of hydroxylamine groups is 2. The number of aldehydes is 1.